The topological polar surface area (TPSA) is 55.8 Å². The molecule has 5 nitrogen and oxygen atoms in total. The van der Waals surface area contributed by atoms with Gasteiger partial charge in [-0.1, -0.05) is 22.0 Å². The second kappa shape index (κ2) is 7.49. The number of hydrogen-bond donors (Lipinski definition) is 0. The summed E-state index contributed by atoms with van der Waals surface area (Å²) in [7, 11) is 2.55. The monoisotopic (exact) mass is 391 g/mol. The Morgan fingerprint density at radius 1 is 1.00 bits per heavy atom. The van der Waals surface area contributed by atoms with E-state index in [0.29, 0.717) is 0 Å². The number of carbonyl (C=O) groups is 2. The van der Waals surface area contributed by atoms with Crippen molar-refractivity contribution in [2.24, 2.45) is 0 Å². The molecule has 0 atom stereocenters. The molecule has 0 aromatic heterocycles. The summed E-state index contributed by atoms with van der Waals surface area (Å²) in [5, 5.41) is 0. The maximum absolute atomic E-state index is 12.4. The molecule has 6 heteroatoms. The number of rotatable bonds is 3. The van der Waals surface area contributed by atoms with E-state index in [9.17, 15) is 9.59 Å². The fraction of sp³-hybridized carbons (Fsp3) is 0.222. The van der Waals surface area contributed by atoms with E-state index in [1.54, 1.807) is 23.3 Å². The van der Waals surface area contributed by atoms with Crippen molar-refractivity contribution in [2.75, 3.05) is 19.1 Å². The molecule has 1 aliphatic rings. The van der Waals surface area contributed by atoms with Crippen LogP contribution in [-0.4, -0.2) is 26.2 Å². The van der Waals surface area contributed by atoms with Crippen LogP contribution < -0.4 is 4.90 Å². The van der Waals surface area contributed by atoms with Crippen LogP contribution in [0.15, 0.2) is 52.3 Å². The van der Waals surface area contributed by atoms with Crippen molar-refractivity contribution in [2.45, 2.75) is 13.8 Å². The van der Waals surface area contributed by atoms with Gasteiger partial charge < -0.3 is 14.4 Å². The minimum absolute atomic E-state index is 0.114. The van der Waals surface area contributed by atoms with Crippen molar-refractivity contribution in [3.63, 3.8) is 0 Å². The lowest BCUT2D eigenvalue weighted by Gasteiger charge is -2.26. The minimum Gasteiger partial charge on any atom is -0.465 e. The van der Waals surface area contributed by atoms with E-state index in [2.05, 4.69) is 15.9 Å². The van der Waals surface area contributed by atoms with E-state index < -0.39 is 11.9 Å². The fourth-order valence-corrected chi connectivity index (χ4v) is 3.31. The van der Waals surface area contributed by atoms with Crippen LogP contribution in [0.25, 0.3) is 0 Å². The molecule has 0 fully saturated rings. The van der Waals surface area contributed by atoms with Crippen molar-refractivity contribution in [3.8, 4) is 0 Å². The Kier molecular flexibility index (Phi) is 5.62. The van der Waals surface area contributed by atoms with Crippen molar-refractivity contribution >= 4 is 33.6 Å². The smallest absolute Gasteiger partial charge is 0.355 e. The predicted molar refractivity (Wildman–Crippen MR) is 95.4 cm³/mol. The summed E-state index contributed by atoms with van der Waals surface area (Å²) in [6.07, 6.45) is 6.69. The van der Waals surface area contributed by atoms with Crippen LogP contribution in [0.5, 0.6) is 0 Å². The molecule has 1 aromatic rings. The quantitative estimate of drug-likeness (QED) is 0.737. The van der Waals surface area contributed by atoms with Crippen LogP contribution in [0, 0.1) is 13.8 Å². The highest BCUT2D eigenvalue weighted by Gasteiger charge is 2.28. The molecule has 1 heterocycles. The van der Waals surface area contributed by atoms with Gasteiger partial charge in [0.1, 0.15) is 5.70 Å². The molecule has 0 radical (unpaired) electrons. The van der Waals surface area contributed by atoms with Crippen LogP contribution >= 0.6 is 15.9 Å². The molecule has 2 rings (SSSR count). The molecule has 24 heavy (non-hydrogen) atoms. The summed E-state index contributed by atoms with van der Waals surface area (Å²) in [6, 6.07) is 3.89. The minimum atomic E-state index is -0.617. The zero-order chi connectivity index (χ0) is 17.9. The standard InChI is InChI=1S/C18H18BrNO4/c1-11-9-13(19)10-12(2)15(11)20-8-6-5-7-14(17(21)23-3)16(20)18(22)24-4/h5-10H,1-4H3. The molecular formula is C18H18BrNO4. The van der Waals surface area contributed by atoms with Gasteiger partial charge in [0.15, 0.2) is 0 Å². The molecule has 0 spiro atoms. The summed E-state index contributed by atoms with van der Waals surface area (Å²) < 4.78 is 10.7. The molecule has 0 saturated carbocycles. The first-order valence-corrected chi connectivity index (χ1v) is 8.01. The largest absolute Gasteiger partial charge is 0.465 e. The van der Waals surface area contributed by atoms with Gasteiger partial charge >= 0.3 is 11.9 Å². The number of aryl methyl sites for hydroxylation is 2. The van der Waals surface area contributed by atoms with Gasteiger partial charge in [-0.05, 0) is 49.3 Å². The Morgan fingerprint density at radius 3 is 2.12 bits per heavy atom. The van der Waals surface area contributed by atoms with E-state index >= 15 is 0 Å². The summed E-state index contributed by atoms with van der Waals surface area (Å²) in [5.74, 6) is -1.22. The van der Waals surface area contributed by atoms with Crippen molar-refractivity contribution in [1.29, 1.82) is 0 Å². The molecule has 0 saturated heterocycles. The normalized spacial score (nSPS) is 13.8. The highest BCUT2D eigenvalue weighted by atomic mass is 79.9. The number of anilines is 1. The highest BCUT2D eigenvalue weighted by Crippen LogP contribution is 2.33. The maximum Gasteiger partial charge on any atom is 0.355 e. The van der Waals surface area contributed by atoms with E-state index in [4.69, 9.17) is 9.47 Å². The number of allylic oxidation sites excluding steroid dienone is 2. The van der Waals surface area contributed by atoms with E-state index in [-0.39, 0.29) is 11.3 Å². The first-order valence-electron chi connectivity index (χ1n) is 7.22. The summed E-state index contributed by atoms with van der Waals surface area (Å²) in [6.45, 7) is 3.87. The fourth-order valence-electron chi connectivity index (χ4n) is 2.62. The first kappa shape index (κ1) is 18.0. The Bertz CT molecular complexity index is 754. The first-order chi connectivity index (χ1) is 11.4. The Morgan fingerprint density at radius 2 is 1.58 bits per heavy atom. The second-order valence-electron chi connectivity index (χ2n) is 5.20. The molecule has 1 aliphatic heterocycles. The average molecular weight is 392 g/mol. The predicted octanol–water partition coefficient (Wildman–Crippen LogP) is 3.56. The van der Waals surface area contributed by atoms with E-state index in [0.717, 1.165) is 21.3 Å². The number of carbonyl (C=O) groups excluding carboxylic acids is 2. The highest BCUT2D eigenvalue weighted by molar-refractivity contribution is 9.10. The molecule has 0 N–H and O–H groups in total. The maximum atomic E-state index is 12.4. The molecule has 0 unspecified atom stereocenters. The summed E-state index contributed by atoms with van der Waals surface area (Å²) >= 11 is 3.46. The van der Waals surface area contributed by atoms with Gasteiger partial charge in [-0.15, -0.1) is 0 Å². The van der Waals surface area contributed by atoms with Crippen molar-refractivity contribution in [3.05, 3.63) is 63.4 Å². The van der Waals surface area contributed by atoms with Crippen LogP contribution in [0.4, 0.5) is 5.69 Å². The van der Waals surface area contributed by atoms with Crippen molar-refractivity contribution < 1.29 is 19.1 Å². The molecule has 0 aliphatic carbocycles. The van der Waals surface area contributed by atoms with Gasteiger partial charge in [0.2, 0.25) is 0 Å². The number of hydrogen-bond acceptors (Lipinski definition) is 5. The van der Waals surface area contributed by atoms with Crippen LogP contribution in [0.3, 0.4) is 0 Å². The van der Waals surface area contributed by atoms with Crippen molar-refractivity contribution in [1.82, 2.24) is 0 Å². The molecule has 1 aromatic carbocycles. The average Bonchev–Trinajstić information content (AvgIpc) is 2.75. The molecular weight excluding hydrogens is 374 g/mol. The summed E-state index contributed by atoms with van der Waals surface area (Å²) in [5.41, 5.74) is 2.94. The van der Waals surface area contributed by atoms with Gasteiger partial charge in [0.25, 0.3) is 0 Å². The third-order valence-electron chi connectivity index (χ3n) is 3.59. The van der Waals surface area contributed by atoms with Crippen LogP contribution in [0.1, 0.15) is 11.1 Å². The van der Waals surface area contributed by atoms with E-state index in [1.165, 1.54) is 20.3 Å². The lowest BCUT2D eigenvalue weighted by Crippen LogP contribution is -2.28. The molecule has 0 amide bonds. The number of benzene rings is 1. The number of nitrogens with zero attached hydrogens (tertiary/aromatic N) is 1. The number of halogens is 1. The molecule has 126 valence electrons. The molecule has 0 bridgehead atoms. The van der Waals surface area contributed by atoms with E-state index in [1.807, 2.05) is 26.0 Å². The van der Waals surface area contributed by atoms with Crippen LogP contribution in [-0.2, 0) is 19.1 Å². The van der Waals surface area contributed by atoms with Gasteiger partial charge in [0, 0.05) is 10.7 Å². The van der Waals surface area contributed by atoms with Crippen LogP contribution in [0.2, 0.25) is 0 Å². The SMILES string of the molecule is COC(=O)C1=C(C(=O)OC)N(c2c(C)cc(Br)cc2C)C=CC=C1. The lowest BCUT2D eigenvalue weighted by molar-refractivity contribution is -0.139. The Balaban J connectivity index is 2.75. The number of ether oxygens (including phenoxy) is 2. The van der Waals surface area contributed by atoms with Gasteiger partial charge in [0.05, 0.1) is 25.5 Å². The number of esters is 2. The lowest BCUT2D eigenvalue weighted by atomic mass is 10.1. The Labute approximate surface area is 149 Å². The second-order valence-corrected chi connectivity index (χ2v) is 6.12. The third kappa shape index (κ3) is 3.43. The van der Waals surface area contributed by atoms with Gasteiger partial charge in [-0.3, -0.25) is 0 Å². The van der Waals surface area contributed by atoms with Gasteiger partial charge in [-0.2, -0.15) is 0 Å². The zero-order valence-corrected chi connectivity index (χ0v) is 15.5. The third-order valence-corrected chi connectivity index (χ3v) is 4.04. The zero-order valence-electron chi connectivity index (χ0n) is 13.9. The summed E-state index contributed by atoms with van der Waals surface area (Å²) in [4.78, 5) is 26.2. The number of methoxy groups -OCH3 is 2. The Hall–Kier alpha value is -2.34. The van der Waals surface area contributed by atoms with Gasteiger partial charge in [-0.25, -0.2) is 9.59 Å².